The molecule has 1 unspecified atom stereocenters. The maximum absolute atomic E-state index is 13.7. The van der Waals surface area contributed by atoms with E-state index in [0.717, 1.165) is 10.5 Å². The molecule has 1 atom stereocenters. The Labute approximate surface area is 153 Å². The summed E-state index contributed by atoms with van der Waals surface area (Å²) in [5.74, 6) is -0.210. The van der Waals surface area contributed by atoms with Crippen LogP contribution in [-0.4, -0.2) is 21.4 Å². The van der Waals surface area contributed by atoms with E-state index in [4.69, 9.17) is 9.26 Å². The minimum absolute atomic E-state index is 0.104. The molecule has 2 aromatic carbocycles. The van der Waals surface area contributed by atoms with Gasteiger partial charge in [-0.05, 0) is 36.6 Å². The van der Waals surface area contributed by atoms with Gasteiger partial charge in [0.2, 0.25) is 5.82 Å². The summed E-state index contributed by atoms with van der Waals surface area (Å²) in [6.07, 6.45) is 0.650. The minimum atomic E-state index is -0.335. The van der Waals surface area contributed by atoms with E-state index in [1.807, 2.05) is 24.3 Å². The van der Waals surface area contributed by atoms with Crippen LogP contribution in [0.25, 0.3) is 11.4 Å². The quantitative estimate of drug-likeness (QED) is 0.648. The average molecular weight is 370 g/mol. The van der Waals surface area contributed by atoms with Gasteiger partial charge in [-0.15, -0.1) is 11.8 Å². The number of hydrogen-bond acceptors (Lipinski definition) is 6. The number of thioether (sulfide) groups is 1. The second-order valence-corrected chi connectivity index (χ2v) is 7.25. The van der Waals surface area contributed by atoms with Crippen LogP contribution in [0.4, 0.5) is 4.39 Å². The second-order valence-electron chi connectivity index (χ2n) is 6.00. The number of hydrogen-bond donors (Lipinski definition) is 0. The Morgan fingerprint density at radius 1 is 1.35 bits per heavy atom. The van der Waals surface area contributed by atoms with Crippen LogP contribution in [0.1, 0.15) is 17.0 Å². The Morgan fingerprint density at radius 3 is 3.00 bits per heavy atom. The van der Waals surface area contributed by atoms with Gasteiger partial charge < -0.3 is 9.26 Å². The van der Waals surface area contributed by atoms with E-state index < -0.39 is 0 Å². The molecule has 0 fully saturated rings. The topological polar surface area (TPSA) is 65.2 Å². The number of aryl methyl sites for hydroxylation is 1. The lowest BCUT2D eigenvalue weighted by molar-refractivity contribution is -0.145. The van der Waals surface area contributed by atoms with E-state index in [9.17, 15) is 9.18 Å². The number of carbonyl (C=O) groups excluding carboxylic acids is 1. The molecule has 0 N–H and O–H groups in total. The van der Waals surface area contributed by atoms with Crippen LogP contribution in [-0.2, 0) is 22.6 Å². The third kappa shape index (κ3) is 3.35. The molecule has 0 radical (unpaired) electrons. The van der Waals surface area contributed by atoms with Crippen LogP contribution in [0.2, 0.25) is 0 Å². The van der Waals surface area contributed by atoms with Crippen LogP contribution in [0.5, 0.6) is 0 Å². The van der Waals surface area contributed by atoms with Crippen LogP contribution in [0.3, 0.4) is 0 Å². The number of carbonyl (C=O) groups is 1. The lowest BCUT2D eigenvalue weighted by Gasteiger charge is -2.06. The number of fused-ring (bicyclic) bond motifs is 1. The Balaban J connectivity index is 1.38. The molecule has 1 aliphatic heterocycles. The normalized spacial score (nSPS) is 15.7. The largest absolute Gasteiger partial charge is 0.455 e. The fourth-order valence-electron chi connectivity index (χ4n) is 2.70. The molecule has 3 aromatic rings. The molecule has 0 saturated carbocycles. The van der Waals surface area contributed by atoms with E-state index in [2.05, 4.69) is 10.1 Å². The number of rotatable bonds is 4. The van der Waals surface area contributed by atoms with Crippen molar-refractivity contribution in [1.29, 1.82) is 0 Å². The van der Waals surface area contributed by atoms with Crippen LogP contribution < -0.4 is 0 Å². The third-order valence-electron chi connectivity index (χ3n) is 4.15. The zero-order chi connectivity index (χ0) is 18.1. The van der Waals surface area contributed by atoms with Crippen molar-refractivity contribution in [3.8, 4) is 11.4 Å². The van der Waals surface area contributed by atoms with Crippen molar-refractivity contribution >= 4 is 17.7 Å². The van der Waals surface area contributed by atoms with E-state index in [1.54, 1.807) is 19.1 Å². The first-order valence-corrected chi connectivity index (χ1v) is 8.98. The van der Waals surface area contributed by atoms with Gasteiger partial charge in [-0.3, -0.25) is 4.79 Å². The van der Waals surface area contributed by atoms with E-state index in [1.165, 1.54) is 17.8 Å². The van der Waals surface area contributed by atoms with Crippen molar-refractivity contribution in [3.05, 3.63) is 65.3 Å². The van der Waals surface area contributed by atoms with Crippen molar-refractivity contribution in [2.45, 2.75) is 30.1 Å². The Hall–Kier alpha value is -2.67. The first-order valence-electron chi connectivity index (χ1n) is 8.10. The monoisotopic (exact) mass is 370 g/mol. The number of aromatic nitrogens is 2. The van der Waals surface area contributed by atoms with Crippen LogP contribution >= 0.6 is 11.8 Å². The number of nitrogens with zero attached hydrogens (tertiary/aromatic N) is 2. The fraction of sp³-hybridized carbons (Fsp3) is 0.211. The molecule has 5 nitrogen and oxygen atoms in total. The summed E-state index contributed by atoms with van der Waals surface area (Å²) in [5.41, 5.74) is 2.21. The first-order chi connectivity index (χ1) is 12.6. The molecule has 0 saturated heterocycles. The first kappa shape index (κ1) is 16.8. The highest BCUT2D eigenvalue weighted by Crippen LogP contribution is 2.37. The summed E-state index contributed by atoms with van der Waals surface area (Å²) in [6, 6.07) is 12.6. The van der Waals surface area contributed by atoms with Crippen LogP contribution in [0, 0.1) is 12.7 Å². The highest BCUT2D eigenvalue weighted by Gasteiger charge is 2.29. The van der Waals surface area contributed by atoms with E-state index in [0.29, 0.717) is 17.5 Å². The van der Waals surface area contributed by atoms with Gasteiger partial charge in [-0.2, -0.15) is 4.98 Å². The zero-order valence-electron chi connectivity index (χ0n) is 13.9. The zero-order valence-corrected chi connectivity index (χ0v) is 14.8. The molecule has 0 bridgehead atoms. The van der Waals surface area contributed by atoms with Gasteiger partial charge in [-0.25, -0.2) is 4.39 Å². The molecule has 0 spiro atoms. The standard InChI is InChI=1S/C19H15FN2O3S/c1-11-6-7-13(8-14(11)20)18-21-17(25-22-18)10-24-19(23)16-9-12-4-2-3-5-15(12)26-16/h2-8,16H,9-10H2,1H3. The Bertz CT molecular complexity index is 948. The van der Waals surface area contributed by atoms with Gasteiger partial charge in [0.1, 0.15) is 11.1 Å². The van der Waals surface area contributed by atoms with E-state index in [-0.39, 0.29) is 35.4 Å². The highest BCUT2D eigenvalue weighted by atomic mass is 32.2. The summed E-state index contributed by atoms with van der Waals surface area (Å²) in [5, 5.41) is 3.55. The van der Waals surface area contributed by atoms with Crippen molar-refractivity contribution in [2.75, 3.05) is 0 Å². The number of ether oxygens (including phenoxy) is 1. The predicted octanol–water partition coefficient (Wildman–Crippen LogP) is 3.94. The van der Waals surface area contributed by atoms with E-state index >= 15 is 0 Å². The smallest absolute Gasteiger partial charge is 0.320 e. The van der Waals surface area contributed by atoms with Crippen LogP contribution in [0.15, 0.2) is 51.9 Å². The molecule has 1 aromatic heterocycles. The van der Waals surface area contributed by atoms with Gasteiger partial charge in [0.25, 0.3) is 5.89 Å². The molecule has 26 heavy (non-hydrogen) atoms. The molecule has 4 rings (SSSR count). The number of halogens is 1. The summed E-state index contributed by atoms with van der Waals surface area (Å²) in [7, 11) is 0. The van der Waals surface area contributed by atoms with Gasteiger partial charge in [0, 0.05) is 10.5 Å². The Kier molecular flexibility index (Phi) is 4.46. The highest BCUT2D eigenvalue weighted by molar-refractivity contribution is 8.01. The van der Waals surface area contributed by atoms with Crippen molar-refractivity contribution in [1.82, 2.24) is 10.1 Å². The Morgan fingerprint density at radius 2 is 2.19 bits per heavy atom. The molecule has 2 heterocycles. The van der Waals surface area contributed by atoms with Gasteiger partial charge in [0.15, 0.2) is 6.61 Å². The maximum atomic E-state index is 13.7. The molecule has 132 valence electrons. The molecular weight excluding hydrogens is 355 g/mol. The van der Waals surface area contributed by atoms with Crippen molar-refractivity contribution < 1.29 is 18.4 Å². The number of benzene rings is 2. The van der Waals surface area contributed by atoms with Gasteiger partial charge >= 0.3 is 5.97 Å². The summed E-state index contributed by atoms with van der Waals surface area (Å²) < 4.78 is 24.1. The summed E-state index contributed by atoms with van der Waals surface area (Å²) >= 11 is 1.50. The third-order valence-corrected chi connectivity index (χ3v) is 5.44. The van der Waals surface area contributed by atoms with Crippen molar-refractivity contribution in [3.63, 3.8) is 0 Å². The number of esters is 1. The lowest BCUT2D eigenvalue weighted by Crippen LogP contribution is -2.19. The average Bonchev–Trinajstić information content (AvgIpc) is 3.28. The lowest BCUT2D eigenvalue weighted by atomic mass is 10.1. The predicted molar refractivity (Wildman–Crippen MR) is 94.0 cm³/mol. The SMILES string of the molecule is Cc1ccc(-c2noc(COC(=O)C3Cc4ccccc4S3)n2)cc1F. The summed E-state index contributed by atoms with van der Waals surface area (Å²) in [6.45, 7) is 1.58. The van der Waals surface area contributed by atoms with Gasteiger partial charge in [-0.1, -0.05) is 35.5 Å². The molecule has 0 amide bonds. The minimum Gasteiger partial charge on any atom is -0.455 e. The molecule has 0 aliphatic carbocycles. The second kappa shape index (κ2) is 6.92. The molecular formula is C19H15FN2O3S. The maximum Gasteiger partial charge on any atom is 0.320 e. The fourth-order valence-corrected chi connectivity index (χ4v) is 3.90. The summed E-state index contributed by atoms with van der Waals surface area (Å²) in [4.78, 5) is 17.5. The molecule has 7 heteroatoms. The van der Waals surface area contributed by atoms with Crippen molar-refractivity contribution in [2.24, 2.45) is 0 Å². The van der Waals surface area contributed by atoms with Gasteiger partial charge in [0.05, 0.1) is 0 Å². The molecule has 1 aliphatic rings.